The molecule has 5 heteroatoms. The molecule has 21 heavy (non-hydrogen) atoms. The van der Waals surface area contributed by atoms with Gasteiger partial charge in [-0.1, -0.05) is 6.07 Å². The molecule has 0 unspecified atom stereocenters. The van der Waals surface area contributed by atoms with Crippen molar-refractivity contribution in [2.75, 3.05) is 14.2 Å². The summed E-state index contributed by atoms with van der Waals surface area (Å²) in [6.45, 7) is 0. The summed E-state index contributed by atoms with van der Waals surface area (Å²) in [5, 5.41) is 0. The first kappa shape index (κ1) is 13.2. The van der Waals surface area contributed by atoms with Crippen molar-refractivity contribution in [3.05, 3.63) is 58.9 Å². The lowest BCUT2D eigenvalue weighted by atomic mass is 10.1. The molecule has 0 amide bonds. The molecule has 2 heterocycles. The van der Waals surface area contributed by atoms with E-state index in [4.69, 9.17) is 9.47 Å². The molecular weight excluding hydrogens is 268 g/mol. The zero-order valence-corrected chi connectivity index (χ0v) is 11.7. The van der Waals surface area contributed by atoms with Gasteiger partial charge >= 0.3 is 0 Å². The Morgan fingerprint density at radius 2 is 1.76 bits per heavy atom. The van der Waals surface area contributed by atoms with Crippen LogP contribution < -0.4 is 15.0 Å². The van der Waals surface area contributed by atoms with Gasteiger partial charge < -0.3 is 9.47 Å². The van der Waals surface area contributed by atoms with Crippen LogP contribution in [0.3, 0.4) is 0 Å². The molecule has 2 aromatic heterocycles. The summed E-state index contributed by atoms with van der Waals surface area (Å²) in [7, 11) is 3.14. The topological polar surface area (TPSA) is 52.8 Å². The van der Waals surface area contributed by atoms with Gasteiger partial charge in [0.2, 0.25) is 5.88 Å². The van der Waals surface area contributed by atoms with Crippen molar-refractivity contribution < 1.29 is 9.47 Å². The van der Waals surface area contributed by atoms with E-state index >= 15 is 0 Å². The molecule has 0 N–H and O–H groups in total. The number of nitrogens with zero attached hydrogens (tertiary/aromatic N) is 2. The fraction of sp³-hybridized carbons (Fsp3) is 0.125. The quantitative estimate of drug-likeness (QED) is 0.740. The molecule has 0 aliphatic heterocycles. The van der Waals surface area contributed by atoms with E-state index < -0.39 is 0 Å². The molecule has 0 aliphatic carbocycles. The zero-order chi connectivity index (χ0) is 14.8. The molecule has 5 nitrogen and oxygen atoms in total. The van der Waals surface area contributed by atoms with Gasteiger partial charge in [-0.3, -0.25) is 4.79 Å². The maximum Gasteiger partial charge on any atom is 0.261 e. The van der Waals surface area contributed by atoms with Crippen LogP contribution in [-0.2, 0) is 0 Å². The molecule has 0 bridgehead atoms. The van der Waals surface area contributed by atoms with Gasteiger partial charge in [0.25, 0.3) is 5.56 Å². The highest BCUT2D eigenvalue weighted by Crippen LogP contribution is 2.21. The Labute approximate surface area is 121 Å². The van der Waals surface area contributed by atoms with Crippen molar-refractivity contribution in [3.63, 3.8) is 0 Å². The first-order valence-electron chi connectivity index (χ1n) is 6.44. The van der Waals surface area contributed by atoms with Crippen LogP contribution >= 0.6 is 0 Å². The van der Waals surface area contributed by atoms with Crippen LogP contribution in [0.15, 0.2) is 53.3 Å². The predicted molar refractivity (Wildman–Crippen MR) is 80.0 cm³/mol. The van der Waals surface area contributed by atoms with E-state index in [0.29, 0.717) is 17.2 Å². The Morgan fingerprint density at radius 3 is 2.43 bits per heavy atom. The van der Waals surface area contributed by atoms with E-state index in [0.717, 1.165) is 11.3 Å². The lowest BCUT2D eigenvalue weighted by Crippen LogP contribution is -2.16. The Morgan fingerprint density at radius 1 is 1.00 bits per heavy atom. The molecule has 0 fully saturated rings. The highest BCUT2D eigenvalue weighted by Gasteiger charge is 2.08. The Balaban J connectivity index is 2.18. The molecular formula is C16H14N2O3. The van der Waals surface area contributed by atoms with Crippen LogP contribution in [-0.4, -0.2) is 23.6 Å². The number of rotatable bonds is 3. The molecule has 1 aromatic carbocycles. The summed E-state index contributed by atoms with van der Waals surface area (Å²) in [4.78, 5) is 16.8. The molecule has 0 atom stereocenters. The summed E-state index contributed by atoms with van der Waals surface area (Å²) in [6.07, 6.45) is 0. The van der Waals surface area contributed by atoms with Gasteiger partial charge in [-0.05, 0) is 36.4 Å². The predicted octanol–water partition coefficient (Wildman–Crippen LogP) is 2.38. The number of ether oxygens (including phenoxy) is 2. The van der Waals surface area contributed by atoms with Crippen molar-refractivity contribution >= 4 is 5.65 Å². The van der Waals surface area contributed by atoms with Crippen LogP contribution in [0.25, 0.3) is 16.9 Å². The highest BCUT2D eigenvalue weighted by molar-refractivity contribution is 5.62. The van der Waals surface area contributed by atoms with E-state index in [1.54, 1.807) is 25.3 Å². The van der Waals surface area contributed by atoms with Gasteiger partial charge in [0, 0.05) is 11.6 Å². The number of aromatic nitrogens is 2. The Hall–Kier alpha value is -2.82. The van der Waals surface area contributed by atoms with Crippen LogP contribution in [0.2, 0.25) is 0 Å². The number of pyridine rings is 1. The summed E-state index contributed by atoms with van der Waals surface area (Å²) in [5.41, 5.74) is 1.85. The maximum absolute atomic E-state index is 12.3. The van der Waals surface area contributed by atoms with Crippen molar-refractivity contribution in [1.29, 1.82) is 0 Å². The van der Waals surface area contributed by atoms with Crippen molar-refractivity contribution in [3.8, 4) is 22.9 Å². The van der Waals surface area contributed by atoms with Crippen LogP contribution in [0.4, 0.5) is 0 Å². The first-order valence-corrected chi connectivity index (χ1v) is 6.44. The Bertz CT molecular complexity index is 838. The number of methoxy groups -OCH3 is 2. The second kappa shape index (κ2) is 5.28. The number of benzene rings is 1. The average molecular weight is 282 g/mol. The van der Waals surface area contributed by atoms with E-state index in [1.807, 2.05) is 24.3 Å². The van der Waals surface area contributed by atoms with Gasteiger partial charge in [-0.2, -0.15) is 0 Å². The van der Waals surface area contributed by atoms with Gasteiger partial charge in [-0.25, -0.2) is 9.38 Å². The second-order valence-electron chi connectivity index (χ2n) is 4.47. The smallest absolute Gasteiger partial charge is 0.261 e. The monoisotopic (exact) mass is 282 g/mol. The molecule has 3 rings (SSSR count). The second-order valence-corrected chi connectivity index (χ2v) is 4.47. The number of fused-ring (bicyclic) bond motifs is 1. The van der Waals surface area contributed by atoms with Crippen LogP contribution in [0, 0.1) is 0 Å². The lowest BCUT2D eigenvalue weighted by Gasteiger charge is -2.08. The van der Waals surface area contributed by atoms with Crippen LogP contribution in [0.5, 0.6) is 11.6 Å². The van der Waals surface area contributed by atoms with Crippen molar-refractivity contribution in [1.82, 2.24) is 9.38 Å². The highest BCUT2D eigenvalue weighted by atomic mass is 16.5. The molecule has 3 aromatic rings. The van der Waals surface area contributed by atoms with Gasteiger partial charge in [0.15, 0.2) is 0 Å². The fourth-order valence-electron chi connectivity index (χ4n) is 2.19. The number of hydrogen-bond acceptors (Lipinski definition) is 4. The molecule has 0 aliphatic rings. The van der Waals surface area contributed by atoms with E-state index in [1.165, 1.54) is 17.6 Å². The minimum atomic E-state index is -0.178. The normalized spacial score (nSPS) is 10.6. The zero-order valence-electron chi connectivity index (χ0n) is 11.7. The number of hydrogen-bond donors (Lipinski definition) is 0. The minimum absolute atomic E-state index is 0.178. The third-order valence-corrected chi connectivity index (χ3v) is 3.24. The van der Waals surface area contributed by atoms with E-state index in [2.05, 4.69) is 4.98 Å². The molecule has 0 saturated carbocycles. The lowest BCUT2D eigenvalue weighted by molar-refractivity contribution is 0.390. The minimum Gasteiger partial charge on any atom is -0.497 e. The molecule has 0 radical (unpaired) electrons. The van der Waals surface area contributed by atoms with Crippen molar-refractivity contribution in [2.45, 2.75) is 0 Å². The first-order chi connectivity index (χ1) is 10.2. The Kier molecular flexibility index (Phi) is 3.31. The largest absolute Gasteiger partial charge is 0.497 e. The van der Waals surface area contributed by atoms with E-state index in [-0.39, 0.29) is 5.56 Å². The molecule has 106 valence electrons. The summed E-state index contributed by atoms with van der Waals surface area (Å²) >= 11 is 0. The van der Waals surface area contributed by atoms with Gasteiger partial charge in [0.05, 0.1) is 19.9 Å². The fourth-order valence-corrected chi connectivity index (χ4v) is 2.19. The third-order valence-electron chi connectivity index (χ3n) is 3.24. The van der Waals surface area contributed by atoms with Crippen molar-refractivity contribution in [2.24, 2.45) is 0 Å². The summed E-state index contributed by atoms with van der Waals surface area (Å²) in [5.74, 6) is 1.23. The van der Waals surface area contributed by atoms with Gasteiger partial charge in [-0.15, -0.1) is 0 Å². The van der Waals surface area contributed by atoms with E-state index in [9.17, 15) is 4.79 Å². The summed E-state index contributed by atoms with van der Waals surface area (Å²) < 4.78 is 11.8. The standard InChI is InChI=1S/C16H14N2O3/c1-20-12-8-6-11(7-9-12)13-10-15(19)18-14(17-13)4-3-5-16(18)21-2/h3-10H,1-2H3. The SMILES string of the molecule is COc1ccc(-c2cc(=O)n3c(OC)cccc3n2)cc1. The van der Waals surface area contributed by atoms with Gasteiger partial charge in [0.1, 0.15) is 11.4 Å². The van der Waals surface area contributed by atoms with Crippen LogP contribution in [0.1, 0.15) is 0 Å². The summed E-state index contributed by atoms with van der Waals surface area (Å²) in [6, 6.07) is 14.2. The third kappa shape index (κ3) is 2.33. The average Bonchev–Trinajstić information content (AvgIpc) is 2.54. The maximum atomic E-state index is 12.3. The molecule has 0 spiro atoms. The molecule has 0 saturated heterocycles.